The summed E-state index contributed by atoms with van der Waals surface area (Å²) in [6.45, 7) is 0.892. The lowest BCUT2D eigenvalue weighted by Gasteiger charge is -2.22. The van der Waals surface area contributed by atoms with E-state index < -0.39 is 15.7 Å². The van der Waals surface area contributed by atoms with E-state index in [1.807, 2.05) is 0 Å². The number of hydrogen-bond donors (Lipinski definition) is 2. The van der Waals surface area contributed by atoms with Gasteiger partial charge in [0.1, 0.15) is 0 Å². The van der Waals surface area contributed by atoms with Gasteiger partial charge in [0.15, 0.2) is 15.5 Å². The summed E-state index contributed by atoms with van der Waals surface area (Å²) in [5.41, 5.74) is 5.55. The summed E-state index contributed by atoms with van der Waals surface area (Å²) in [7, 11) is -3.04. The van der Waals surface area contributed by atoms with Crippen LogP contribution >= 0.6 is 0 Å². The number of hydrogen-bond acceptors (Lipinski definition) is 6. The van der Waals surface area contributed by atoms with Crippen molar-refractivity contribution in [1.82, 2.24) is 20.3 Å². The third-order valence-corrected chi connectivity index (χ3v) is 4.75. The maximum Gasteiger partial charge on any atom is 0.273 e. The molecule has 1 saturated heterocycles. The minimum absolute atomic E-state index is 0.00429. The molecule has 0 aromatic carbocycles. The second-order valence-corrected chi connectivity index (χ2v) is 6.81. The lowest BCUT2D eigenvalue weighted by Crippen LogP contribution is -2.43. The van der Waals surface area contributed by atoms with Crippen molar-refractivity contribution in [3.63, 3.8) is 0 Å². The molecule has 1 aromatic rings. The number of nitrogens with two attached hydrogens (primary N) is 1. The number of carbonyl (C=O) groups excluding carboxylic acids is 1. The van der Waals surface area contributed by atoms with Crippen LogP contribution in [-0.2, 0) is 16.4 Å². The van der Waals surface area contributed by atoms with Crippen LogP contribution in [0.25, 0.3) is 0 Å². The number of sulfone groups is 1. The first-order chi connectivity index (χ1) is 9.00. The van der Waals surface area contributed by atoms with Gasteiger partial charge >= 0.3 is 0 Å². The Hall–Kier alpha value is -1.48. The fraction of sp³-hybridized carbons (Fsp3) is 0.700. The van der Waals surface area contributed by atoms with Gasteiger partial charge in [0.05, 0.1) is 24.2 Å². The van der Waals surface area contributed by atoms with E-state index in [0.29, 0.717) is 25.9 Å². The van der Waals surface area contributed by atoms with E-state index in [-0.39, 0.29) is 23.2 Å². The lowest BCUT2D eigenvalue weighted by atomic mass is 10.2. The molecular weight excluding hydrogens is 270 g/mol. The molecule has 9 heteroatoms. The summed E-state index contributed by atoms with van der Waals surface area (Å²) in [6, 6.07) is -0.342. The first kappa shape index (κ1) is 13.9. The van der Waals surface area contributed by atoms with E-state index in [1.54, 1.807) is 0 Å². The van der Waals surface area contributed by atoms with Crippen LogP contribution in [0.5, 0.6) is 0 Å². The van der Waals surface area contributed by atoms with Crippen LogP contribution in [0.2, 0.25) is 0 Å². The predicted molar refractivity (Wildman–Crippen MR) is 68.2 cm³/mol. The summed E-state index contributed by atoms with van der Waals surface area (Å²) >= 11 is 0. The fourth-order valence-electron chi connectivity index (χ4n) is 2.04. The van der Waals surface area contributed by atoms with Crippen molar-refractivity contribution in [3.8, 4) is 0 Å². The topological polar surface area (TPSA) is 120 Å². The Morgan fingerprint density at radius 2 is 2.37 bits per heavy atom. The van der Waals surface area contributed by atoms with Crippen molar-refractivity contribution < 1.29 is 13.2 Å². The van der Waals surface area contributed by atoms with Gasteiger partial charge in [0.2, 0.25) is 0 Å². The molecule has 1 unspecified atom stereocenters. The maximum absolute atomic E-state index is 11.9. The summed E-state index contributed by atoms with van der Waals surface area (Å²) < 4.78 is 24.4. The molecule has 0 saturated carbocycles. The Kier molecular flexibility index (Phi) is 4.15. The van der Waals surface area contributed by atoms with Gasteiger partial charge in [-0.15, -0.1) is 5.10 Å². The number of amides is 1. The molecule has 0 spiro atoms. The fourth-order valence-corrected chi connectivity index (χ4v) is 3.68. The molecule has 0 radical (unpaired) electrons. The standard InChI is InChI=1S/C10H17N5O3S/c11-3-4-15-6-9(13-14-15)10(16)12-8-2-1-5-19(17,18)7-8/h6,8H,1-5,7,11H2,(H,12,16). The number of aromatic nitrogens is 3. The maximum atomic E-state index is 11.9. The van der Waals surface area contributed by atoms with Gasteiger partial charge in [0, 0.05) is 12.6 Å². The monoisotopic (exact) mass is 287 g/mol. The summed E-state index contributed by atoms with van der Waals surface area (Å²) in [5, 5.41) is 10.2. The number of nitrogens with one attached hydrogen (secondary N) is 1. The Balaban J connectivity index is 1.96. The Morgan fingerprint density at radius 1 is 1.58 bits per heavy atom. The third-order valence-electron chi connectivity index (χ3n) is 2.93. The van der Waals surface area contributed by atoms with E-state index in [2.05, 4.69) is 15.6 Å². The van der Waals surface area contributed by atoms with Crippen LogP contribution in [0, 0.1) is 0 Å². The zero-order valence-electron chi connectivity index (χ0n) is 10.4. The van der Waals surface area contributed by atoms with Gasteiger partial charge in [0.25, 0.3) is 5.91 Å². The lowest BCUT2D eigenvalue weighted by molar-refractivity contribution is 0.0933. The zero-order valence-corrected chi connectivity index (χ0v) is 11.3. The molecule has 1 aliphatic rings. The highest BCUT2D eigenvalue weighted by Gasteiger charge is 2.26. The molecule has 1 aliphatic heterocycles. The quantitative estimate of drug-likeness (QED) is 0.698. The molecule has 1 amide bonds. The number of carbonyl (C=O) groups is 1. The molecular formula is C10H17N5O3S. The zero-order chi connectivity index (χ0) is 13.9. The van der Waals surface area contributed by atoms with Crippen LogP contribution in [0.3, 0.4) is 0 Å². The van der Waals surface area contributed by atoms with Crippen LogP contribution in [0.1, 0.15) is 23.3 Å². The van der Waals surface area contributed by atoms with Gasteiger partial charge in [-0.3, -0.25) is 9.48 Å². The second kappa shape index (κ2) is 5.66. The van der Waals surface area contributed by atoms with Crippen molar-refractivity contribution in [3.05, 3.63) is 11.9 Å². The van der Waals surface area contributed by atoms with Crippen LogP contribution in [0.15, 0.2) is 6.20 Å². The molecule has 19 heavy (non-hydrogen) atoms. The second-order valence-electron chi connectivity index (χ2n) is 4.58. The van der Waals surface area contributed by atoms with Gasteiger partial charge in [-0.25, -0.2) is 8.42 Å². The summed E-state index contributed by atoms with van der Waals surface area (Å²) in [4.78, 5) is 11.9. The highest BCUT2D eigenvalue weighted by atomic mass is 32.2. The molecule has 106 valence electrons. The molecule has 8 nitrogen and oxygen atoms in total. The molecule has 1 atom stereocenters. The SMILES string of the molecule is NCCn1cc(C(=O)NC2CCCS(=O)(=O)C2)nn1. The van der Waals surface area contributed by atoms with Crippen molar-refractivity contribution in [2.45, 2.75) is 25.4 Å². The van der Waals surface area contributed by atoms with Crippen molar-refractivity contribution in [2.24, 2.45) is 5.73 Å². The third kappa shape index (κ3) is 3.74. The van der Waals surface area contributed by atoms with E-state index in [0.717, 1.165) is 0 Å². The molecule has 2 rings (SSSR count). The molecule has 1 fully saturated rings. The molecule has 1 aromatic heterocycles. The van der Waals surface area contributed by atoms with E-state index in [4.69, 9.17) is 5.73 Å². The van der Waals surface area contributed by atoms with Crippen molar-refractivity contribution >= 4 is 15.7 Å². The molecule has 0 bridgehead atoms. The summed E-state index contributed by atoms with van der Waals surface area (Å²) in [5.74, 6) is -0.202. The van der Waals surface area contributed by atoms with Gasteiger partial charge in [-0.05, 0) is 12.8 Å². The Bertz CT molecular complexity index is 553. The molecule has 2 heterocycles. The number of nitrogens with zero attached hydrogens (tertiary/aromatic N) is 3. The van der Waals surface area contributed by atoms with E-state index >= 15 is 0 Å². The van der Waals surface area contributed by atoms with Gasteiger partial charge < -0.3 is 11.1 Å². The number of rotatable bonds is 4. The average molecular weight is 287 g/mol. The minimum atomic E-state index is -3.04. The first-order valence-electron chi connectivity index (χ1n) is 6.11. The van der Waals surface area contributed by atoms with E-state index in [1.165, 1.54) is 10.9 Å². The minimum Gasteiger partial charge on any atom is -0.347 e. The average Bonchev–Trinajstić information content (AvgIpc) is 2.77. The smallest absolute Gasteiger partial charge is 0.273 e. The van der Waals surface area contributed by atoms with Crippen LogP contribution in [0.4, 0.5) is 0 Å². The highest BCUT2D eigenvalue weighted by molar-refractivity contribution is 7.91. The largest absolute Gasteiger partial charge is 0.347 e. The summed E-state index contributed by atoms with van der Waals surface area (Å²) in [6.07, 6.45) is 2.74. The van der Waals surface area contributed by atoms with Gasteiger partial charge in [-0.1, -0.05) is 5.21 Å². The predicted octanol–water partition coefficient (Wildman–Crippen LogP) is -1.46. The molecule has 0 aliphatic carbocycles. The van der Waals surface area contributed by atoms with Crippen molar-refractivity contribution in [1.29, 1.82) is 0 Å². The first-order valence-corrected chi connectivity index (χ1v) is 7.94. The van der Waals surface area contributed by atoms with Crippen LogP contribution in [-0.4, -0.2) is 53.4 Å². The Morgan fingerprint density at radius 3 is 3.05 bits per heavy atom. The van der Waals surface area contributed by atoms with E-state index in [9.17, 15) is 13.2 Å². The van der Waals surface area contributed by atoms with Crippen LogP contribution < -0.4 is 11.1 Å². The van der Waals surface area contributed by atoms with Crippen molar-refractivity contribution in [2.75, 3.05) is 18.1 Å². The normalized spacial score (nSPS) is 22.1. The molecule has 3 N–H and O–H groups in total. The Labute approximate surface area is 111 Å². The highest BCUT2D eigenvalue weighted by Crippen LogP contribution is 2.12. The van der Waals surface area contributed by atoms with Gasteiger partial charge in [-0.2, -0.15) is 0 Å².